The Morgan fingerprint density at radius 3 is 2.37 bits per heavy atom. The molecule has 1 unspecified atom stereocenters. The van der Waals surface area contributed by atoms with Crippen LogP contribution in [0.1, 0.15) is 51.6 Å². The number of benzene rings is 3. The second kappa shape index (κ2) is 12.1. The average Bonchev–Trinajstić information content (AvgIpc) is 3.32. The maximum atomic E-state index is 14.8. The first-order valence-corrected chi connectivity index (χ1v) is 15.0. The number of thioether (sulfide) groups is 1. The van der Waals surface area contributed by atoms with Gasteiger partial charge in [-0.25, -0.2) is 22.9 Å². The number of carboxylic acid groups (broad SMARTS) is 1. The van der Waals surface area contributed by atoms with E-state index in [1.165, 1.54) is 12.1 Å². The van der Waals surface area contributed by atoms with Gasteiger partial charge in [0.25, 0.3) is 0 Å². The molecule has 0 radical (unpaired) electrons. The predicted octanol–water partition coefficient (Wildman–Crippen LogP) is 8.29. The molecule has 0 saturated carbocycles. The van der Waals surface area contributed by atoms with Crippen LogP contribution < -0.4 is 9.47 Å². The summed E-state index contributed by atoms with van der Waals surface area (Å²) in [6.07, 6.45) is 2.32. The van der Waals surface area contributed by atoms with Crippen LogP contribution in [0.4, 0.5) is 13.2 Å². The number of fused-ring (bicyclic) bond motifs is 1. The SMILES string of the molecule is COc1cc(C2CCCc3nc(SCc4c(F)cc(C(=O)O)cc4F)n(-c4ccc(F)cc4)c32)c(Br)c(Br)c1OC. The predicted molar refractivity (Wildman–Crippen MR) is 156 cm³/mol. The molecule has 1 aromatic heterocycles. The molecule has 1 N–H and O–H groups in total. The Balaban J connectivity index is 1.64. The van der Waals surface area contributed by atoms with Crippen molar-refractivity contribution in [3.8, 4) is 17.2 Å². The molecule has 0 aliphatic heterocycles. The Kier molecular flexibility index (Phi) is 8.72. The zero-order chi connectivity index (χ0) is 29.4. The summed E-state index contributed by atoms with van der Waals surface area (Å²) >= 11 is 8.46. The van der Waals surface area contributed by atoms with Gasteiger partial charge in [-0.05, 0) is 99.2 Å². The Labute approximate surface area is 255 Å². The molecule has 0 amide bonds. The minimum atomic E-state index is -1.42. The van der Waals surface area contributed by atoms with Gasteiger partial charge in [-0.1, -0.05) is 11.8 Å². The average molecular weight is 712 g/mol. The summed E-state index contributed by atoms with van der Waals surface area (Å²) in [5.74, 6) is -2.91. The highest BCUT2D eigenvalue weighted by Crippen LogP contribution is 2.49. The third-order valence-electron chi connectivity index (χ3n) is 6.97. The first-order chi connectivity index (χ1) is 19.6. The van der Waals surface area contributed by atoms with Crippen LogP contribution in [0.5, 0.6) is 11.5 Å². The molecule has 5 rings (SSSR count). The van der Waals surface area contributed by atoms with Crippen molar-refractivity contribution >= 4 is 49.6 Å². The molecule has 12 heteroatoms. The van der Waals surface area contributed by atoms with Crippen LogP contribution >= 0.6 is 43.6 Å². The van der Waals surface area contributed by atoms with Crippen molar-refractivity contribution in [2.75, 3.05) is 14.2 Å². The fourth-order valence-corrected chi connectivity index (χ4v) is 7.26. The molecule has 1 aliphatic carbocycles. The van der Waals surface area contributed by atoms with E-state index in [2.05, 4.69) is 31.9 Å². The van der Waals surface area contributed by atoms with E-state index in [1.54, 1.807) is 26.4 Å². The van der Waals surface area contributed by atoms with Crippen LogP contribution in [0.3, 0.4) is 0 Å². The Hall–Kier alpha value is -2.96. The van der Waals surface area contributed by atoms with Gasteiger partial charge in [-0.15, -0.1) is 0 Å². The minimum absolute atomic E-state index is 0.134. The second-order valence-electron chi connectivity index (χ2n) is 9.32. The first kappa shape index (κ1) is 29.5. The Bertz CT molecular complexity index is 1620. The van der Waals surface area contributed by atoms with Crippen molar-refractivity contribution < 1.29 is 32.5 Å². The largest absolute Gasteiger partial charge is 0.493 e. The zero-order valence-corrected chi connectivity index (χ0v) is 25.8. The van der Waals surface area contributed by atoms with Crippen LogP contribution in [-0.2, 0) is 12.2 Å². The number of halogens is 5. The quantitative estimate of drug-likeness (QED) is 0.186. The monoisotopic (exact) mass is 710 g/mol. The van der Waals surface area contributed by atoms with E-state index in [1.807, 2.05) is 10.6 Å². The van der Waals surface area contributed by atoms with E-state index in [-0.39, 0.29) is 17.2 Å². The lowest BCUT2D eigenvalue weighted by Gasteiger charge is -2.27. The van der Waals surface area contributed by atoms with E-state index in [9.17, 15) is 18.0 Å². The van der Waals surface area contributed by atoms with Crippen LogP contribution in [0.2, 0.25) is 0 Å². The van der Waals surface area contributed by atoms with Gasteiger partial charge in [0.05, 0.1) is 35.6 Å². The van der Waals surface area contributed by atoms with Crippen LogP contribution in [-0.4, -0.2) is 34.8 Å². The normalized spacial score (nSPS) is 14.6. The molecule has 4 aromatic rings. The molecule has 1 aliphatic rings. The van der Waals surface area contributed by atoms with Gasteiger partial charge in [0.15, 0.2) is 16.7 Å². The van der Waals surface area contributed by atoms with Gasteiger partial charge in [0.2, 0.25) is 0 Å². The van der Waals surface area contributed by atoms with Gasteiger partial charge in [0.1, 0.15) is 17.5 Å². The molecular weight excluding hydrogens is 689 g/mol. The number of aromatic carboxylic acids is 1. The smallest absolute Gasteiger partial charge is 0.335 e. The number of carboxylic acids is 1. The molecular formula is C29H23Br2F3N2O4S. The lowest BCUT2D eigenvalue weighted by Crippen LogP contribution is -2.16. The molecule has 0 spiro atoms. The van der Waals surface area contributed by atoms with E-state index in [0.29, 0.717) is 33.2 Å². The number of ether oxygens (including phenoxy) is 2. The molecule has 214 valence electrons. The lowest BCUT2D eigenvalue weighted by atomic mass is 9.84. The maximum Gasteiger partial charge on any atom is 0.335 e. The summed E-state index contributed by atoms with van der Waals surface area (Å²) in [6.45, 7) is 0. The zero-order valence-electron chi connectivity index (χ0n) is 21.8. The topological polar surface area (TPSA) is 73.6 Å². The molecule has 1 atom stereocenters. The third-order valence-corrected chi connectivity index (χ3v) is 10.1. The highest BCUT2D eigenvalue weighted by atomic mass is 79.9. The highest BCUT2D eigenvalue weighted by Gasteiger charge is 2.33. The molecule has 1 heterocycles. The number of rotatable bonds is 8. The summed E-state index contributed by atoms with van der Waals surface area (Å²) in [4.78, 5) is 16.1. The lowest BCUT2D eigenvalue weighted by molar-refractivity contribution is 0.0695. The number of nitrogens with zero attached hydrogens (tertiary/aromatic N) is 2. The van der Waals surface area contributed by atoms with Gasteiger partial charge in [-0.2, -0.15) is 0 Å². The fourth-order valence-electron chi connectivity index (χ4n) is 5.05. The molecule has 0 bridgehead atoms. The highest BCUT2D eigenvalue weighted by molar-refractivity contribution is 9.13. The maximum absolute atomic E-state index is 14.8. The molecule has 3 aromatic carbocycles. The first-order valence-electron chi connectivity index (χ1n) is 12.5. The van der Waals surface area contributed by atoms with Crippen LogP contribution in [0.15, 0.2) is 56.6 Å². The number of hydrogen-bond donors (Lipinski definition) is 1. The summed E-state index contributed by atoms with van der Waals surface area (Å²) in [5, 5.41) is 9.60. The number of imidazole rings is 1. The van der Waals surface area contributed by atoms with Crippen molar-refractivity contribution in [1.29, 1.82) is 0 Å². The number of hydrogen-bond acceptors (Lipinski definition) is 5. The van der Waals surface area contributed by atoms with E-state index < -0.39 is 29.0 Å². The van der Waals surface area contributed by atoms with E-state index in [4.69, 9.17) is 19.6 Å². The standard InChI is InChI=1S/C29H23Br2F3N2O4S/c1-39-23-12-18(24(30)25(31)27(23)40-2)17-4-3-5-22-26(17)36(16-8-6-15(32)7-9-16)29(35-22)41-13-19-20(33)10-14(28(37)38)11-21(19)34/h6-12,17H,3-5,13H2,1-2H3,(H,37,38). The molecule has 0 fully saturated rings. The molecule has 41 heavy (non-hydrogen) atoms. The fraction of sp³-hybridized carbons (Fsp3) is 0.241. The van der Waals surface area contributed by atoms with Crippen molar-refractivity contribution in [3.63, 3.8) is 0 Å². The number of methoxy groups -OCH3 is 2. The van der Waals surface area contributed by atoms with Crippen molar-refractivity contribution in [3.05, 3.63) is 96.9 Å². The van der Waals surface area contributed by atoms with Crippen LogP contribution in [0.25, 0.3) is 5.69 Å². The Morgan fingerprint density at radius 1 is 1.07 bits per heavy atom. The second-order valence-corrected chi connectivity index (χ2v) is 11.9. The van der Waals surface area contributed by atoms with Gasteiger partial charge < -0.3 is 14.6 Å². The van der Waals surface area contributed by atoms with E-state index >= 15 is 0 Å². The third kappa shape index (κ3) is 5.61. The van der Waals surface area contributed by atoms with Gasteiger partial charge >= 0.3 is 5.97 Å². The summed E-state index contributed by atoms with van der Waals surface area (Å²) in [6, 6.07) is 9.49. The van der Waals surface area contributed by atoms with Gasteiger partial charge in [-0.3, -0.25) is 4.57 Å². The van der Waals surface area contributed by atoms with Crippen molar-refractivity contribution in [2.24, 2.45) is 0 Å². The van der Waals surface area contributed by atoms with E-state index in [0.717, 1.165) is 58.2 Å². The van der Waals surface area contributed by atoms with Gasteiger partial charge in [0, 0.05) is 27.4 Å². The molecule has 6 nitrogen and oxygen atoms in total. The summed E-state index contributed by atoms with van der Waals surface area (Å²) in [7, 11) is 3.12. The van der Waals surface area contributed by atoms with Crippen molar-refractivity contribution in [2.45, 2.75) is 36.1 Å². The van der Waals surface area contributed by atoms with Crippen LogP contribution in [0, 0.1) is 17.5 Å². The number of aromatic nitrogens is 2. The number of carbonyl (C=O) groups is 1. The molecule has 0 saturated heterocycles. The summed E-state index contributed by atoms with van der Waals surface area (Å²) in [5.41, 5.74) is 2.56. The Morgan fingerprint density at radius 2 is 1.76 bits per heavy atom. The summed E-state index contributed by atoms with van der Waals surface area (Å²) < 4.78 is 57.9. The number of aryl methyl sites for hydroxylation is 1. The minimum Gasteiger partial charge on any atom is -0.493 e. The van der Waals surface area contributed by atoms with Crippen molar-refractivity contribution in [1.82, 2.24) is 9.55 Å².